The average Bonchev–Trinajstić information content (AvgIpc) is 3.49. The molecular weight excluding hydrogens is 478 g/mol. The van der Waals surface area contributed by atoms with Crippen molar-refractivity contribution < 1.29 is 0 Å². The van der Waals surface area contributed by atoms with Gasteiger partial charge < -0.3 is 19.8 Å². The SMILES string of the molecule is CC(C)C(=Nc1c(-c2nc3ccc(N4CCN(C)CC4)cc3[nH]2)c(=O)[nH]c2cn(C)nc12)c1ccccn1. The predicted molar refractivity (Wildman–Crippen MR) is 151 cm³/mol. The summed E-state index contributed by atoms with van der Waals surface area (Å²) in [6.07, 6.45) is 3.54. The van der Waals surface area contributed by atoms with Crippen molar-refractivity contribution in [3.05, 3.63) is 64.8 Å². The smallest absolute Gasteiger partial charge is 0.261 e. The molecule has 0 spiro atoms. The molecule has 0 atom stereocenters. The molecule has 0 radical (unpaired) electrons. The molecule has 0 saturated carbocycles. The number of aromatic nitrogens is 6. The van der Waals surface area contributed by atoms with Gasteiger partial charge in [0, 0.05) is 51.3 Å². The highest BCUT2D eigenvalue weighted by Crippen LogP contribution is 2.34. The van der Waals surface area contributed by atoms with Crippen molar-refractivity contribution in [3.8, 4) is 11.4 Å². The molecule has 194 valence electrons. The van der Waals surface area contributed by atoms with Crippen LogP contribution >= 0.6 is 0 Å². The number of anilines is 1. The highest BCUT2D eigenvalue weighted by Gasteiger charge is 2.22. The van der Waals surface area contributed by atoms with E-state index in [1.54, 1.807) is 17.1 Å². The summed E-state index contributed by atoms with van der Waals surface area (Å²) >= 11 is 0. The first-order chi connectivity index (χ1) is 18.4. The fourth-order valence-corrected chi connectivity index (χ4v) is 4.99. The van der Waals surface area contributed by atoms with E-state index in [-0.39, 0.29) is 11.5 Å². The third kappa shape index (κ3) is 4.37. The van der Waals surface area contributed by atoms with E-state index in [1.165, 1.54) is 0 Å². The molecule has 5 aromatic rings. The first kappa shape index (κ1) is 24.1. The summed E-state index contributed by atoms with van der Waals surface area (Å²) in [4.78, 5) is 39.0. The molecule has 0 unspecified atom stereocenters. The Morgan fingerprint density at radius 1 is 1.03 bits per heavy atom. The van der Waals surface area contributed by atoms with E-state index in [1.807, 2.05) is 31.3 Å². The number of nitrogens with zero attached hydrogens (tertiary/aromatic N) is 7. The Balaban J connectivity index is 1.53. The Morgan fingerprint density at radius 2 is 1.84 bits per heavy atom. The largest absolute Gasteiger partial charge is 0.369 e. The molecule has 38 heavy (non-hydrogen) atoms. The van der Waals surface area contributed by atoms with Crippen LogP contribution in [0, 0.1) is 5.92 Å². The van der Waals surface area contributed by atoms with Crippen molar-refractivity contribution in [1.82, 2.24) is 34.6 Å². The van der Waals surface area contributed by atoms with Gasteiger partial charge in [-0.1, -0.05) is 19.9 Å². The highest BCUT2D eigenvalue weighted by molar-refractivity contribution is 6.05. The number of rotatable bonds is 5. The predicted octanol–water partition coefficient (Wildman–Crippen LogP) is 3.73. The number of pyridine rings is 2. The molecule has 2 N–H and O–H groups in total. The molecule has 5 heterocycles. The van der Waals surface area contributed by atoms with Crippen LogP contribution in [0.4, 0.5) is 11.4 Å². The quantitative estimate of drug-likeness (QED) is 0.349. The van der Waals surface area contributed by atoms with E-state index in [0.29, 0.717) is 28.1 Å². The summed E-state index contributed by atoms with van der Waals surface area (Å²) in [5.41, 5.74) is 6.16. The van der Waals surface area contributed by atoms with Crippen LogP contribution in [0.15, 0.2) is 58.6 Å². The topological polar surface area (TPSA) is 111 Å². The van der Waals surface area contributed by atoms with Crippen molar-refractivity contribution >= 4 is 39.2 Å². The van der Waals surface area contributed by atoms with Crippen molar-refractivity contribution in [3.63, 3.8) is 0 Å². The van der Waals surface area contributed by atoms with Crippen LogP contribution in [-0.4, -0.2) is 73.6 Å². The van der Waals surface area contributed by atoms with E-state index in [4.69, 9.17) is 9.98 Å². The van der Waals surface area contributed by atoms with Gasteiger partial charge in [0.1, 0.15) is 22.6 Å². The van der Waals surface area contributed by atoms with Gasteiger partial charge in [-0.2, -0.15) is 5.10 Å². The molecule has 1 saturated heterocycles. The summed E-state index contributed by atoms with van der Waals surface area (Å²) in [6.45, 7) is 8.14. The van der Waals surface area contributed by atoms with Gasteiger partial charge in [0.15, 0.2) is 0 Å². The number of aliphatic imine (C=N–C) groups is 1. The number of aryl methyl sites for hydroxylation is 1. The minimum absolute atomic E-state index is 0.0672. The number of hydrogen-bond acceptors (Lipinski definition) is 7. The van der Waals surface area contributed by atoms with Crippen LogP contribution in [0.5, 0.6) is 0 Å². The maximum Gasteiger partial charge on any atom is 0.261 e. The zero-order valence-corrected chi connectivity index (χ0v) is 22.1. The number of piperazine rings is 1. The maximum atomic E-state index is 13.5. The number of hydrogen-bond donors (Lipinski definition) is 2. The van der Waals surface area contributed by atoms with E-state index in [2.05, 4.69) is 62.9 Å². The Hall–Kier alpha value is -4.31. The molecule has 10 nitrogen and oxygen atoms in total. The van der Waals surface area contributed by atoms with E-state index in [9.17, 15) is 4.79 Å². The number of H-pyrrole nitrogens is 2. The third-order valence-corrected chi connectivity index (χ3v) is 7.04. The normalized spacial score (nSPS) is 15.3. The second-order valence-electron chi connectivity index (χ2n) is 10.2. The zero-order chi connectivity index (χ0) is 26.4. The lowest BCUT2D eigenvalue weighted by Gasteiger charge is -2.34. The Labute approximate surface area is 220 Å². The van der Waals surface area contributed by atoms with Crippen molar-refractivity contribution in [2.45, 2.75) is 13.8 Å². The maximum absolute atomic E-state index is 13.5. The fraction of sp³-hybridized carbons (Fsp3) is 0.321. The summed E-state index contributed by atoms with van der Waals surface area (Å²) in [5, 5.41) is 4.65. The fourth-order valence-electron chi connectivity index (χ4n) is 4.99. The molecule has 1 aliphatic heterocycles. The van der Waals surface area contributed by atoms with Crippen LogP contribution in [-0.2, 0) is 7.05 Å². The van der Waals surface area contributed by atoms with Gasteiger partial charge in [-0.15, -0.1) is 0 Å². The molecule has 6 rings (SSSR count). The summed E-state index contributed by atoms with van der Waals surface area (Å²) < 4.78 is 1.68. The summed E-state index contributed by atoms with van der Waals surface area (Å²) in [6, 6.07) is 12.0. The van der Waals surface area contributed by atoms with Gasteiger partial charge in [0.25, 0.3) is 5.56 Å². The van der Waals surface area contributed by atoms with E-state index in [0.717, 1.165) is 54.3 Å². The molecule has 1 fully saturated rings. The van der Waals surface area contributed by atoms with Gasteiger partial charge in [-0.05, 0) is 43.3 Å². The highest BCUT2D eigenvalue weighted by atomic mass is 16.1. The molecule has 1 aromatic carbocycles. The summed E-state index contributed by atoms with van der Waals surface area (Å²) in [7, 11) is 3.98. The van der Waals surface area contributed by atoms with Crippen molar-refractivity contribution in [1.29, 1.82) is 0 Å². The molecule has 0 aliphatic carbocycles. The lowest BCUT2D eigenvalue weighted by Crippen LogP contribution is -2.44. The molecule has 0 bridgehead atoms. The van der Waals surface area contributed by atoms with Gasteiger partial charge >= 0.3 is 0 Å². The molecule has 4 aromatic heterocycles. The van der Waals surface area contributed by atoms with Crippen LogP contribution in [0.25, 0.3) is 33.5 Å². The van der Waals surface area contributed by atoms with Crippen molar-refractivity contribution in [2.24, 2.45) is 18.0 Å². The molecule has 0 amide bonds. The van der Waals surface area contributed by atoms with Gasteiger partial charge in [0.05, 0.1) is 28.0 Å². The van der Waals surface area contributed by atoms with Gasteiger partial charge in [-0.25, -0.2) is 9.98 Å². The van der Waals surface area contributed by atoms with Crippen LogP contribution in [0.1, 0.15) is 19.5 Å². The van der Waals surface area contributed by atoms with Crippen LogP contribution in [0.2, 0.25) is 0 Å². The Morgan fingerprint density at radius 3 is 2.58 bits per heavy atom. The monoisotopic (exact) mass is 509 g/mol. The van der Waals surface area contributed by atoms with Crippen molar-refractivity contribution in [2.75, 3.05) is 38.1 Å². The zero-order valence-electron chi connectivity index (χ0n) is 22.1. The Bertz CT molecular complexity index is 1700. The van der Waals surface area contributed by atoms with Gasteiger partial charge in [-0.3, -0.25) is 14.5 Å². The lowest BCUT2D eigenvalue weighted by atomic mass is 10.0. The number of likely N-dealkylation sites (N-methyl/N-ethyl adjacent to an activating group) is 1. The first-order valence-electron chi connectivity index (χ1n) is 12.9. The minimum atomic E-state index is -0.272. The Kier molecular flexibility index (Phi) is 6.03. The molecule has 10 heteroatoms. The second kappa shape index (κ2) is 9.53. The van der Waals surface area contributed by atoms with Gasteiger partial charge in [0.2, 0.25) is 0 Å². The number of imidazole rings is 1. The number of benzene rings is 1. The standard InChI is InChI=1S/C28H31N9O/c1-17(2)24(20-7-5-6-10-29-20)33-26-23(28(38)32-22-16-36(4)34-25(22)26)27-30-19-9-8-18(15-21(19)31-27)37-13-11-35(3)12-14-37/h5-10,15-17H,11-14H2,1-4H3,(H,30,31)(H,32,38). The minimum Gasteiger partial charge on any atom is -0.369 e. The van der Waals surface area contributed by atoms with Crippen LogP contribution in [0.3, 0.4) is 0 Å². The third-order valence-electron chi connectivity index (χ3n) is 7.04. The first-order valence-corrected chi connectivity index (χ1v) is 12.9. The average molecular weight is 510 g/mol. The van der Waals surface area contributed by atoms with Crippen LogP contribution < -0.4 is 10.5 Å². The van der Waals surface area contributed by atoms with E-state index < -0.39 is 0 Å². The molecular formula is C28H31N9O. The number of aromatic amines is 2. The molecule has 1 aliphatic rings. The summed E-state index contributed by atoms with van der Waals surface area (Å²) in [5.74, 6) is 0.532. The van der Waals surface area contributed by atoms with E-state index >= 15 is 0 Å². The second-order valence-corrected chi connectivity index (χ2v) is 10.2. The number of nitrogens with one attached hydrogen (secondary N) is 2. The number of fused-ring (bicyclic) bond motifs is 2. The lowest BCUT2D eigenvalue weighted by molar-refractivity contribution is 0.313.